The van der Waals surface area contributed by atoms with Crippen LogP contribution in [-0.2, 0) is 4.74 Å². The lowest BCUT2D eigenvalue weighted by molar-refractivity contribution is -0.0766. The molecule has 0 saturated carbocycles. The highest BCUT2D eigenvalue weighted by Gasteiger charge is 2.15. The van der Waals surface area contributed by atoms with Gasteiger partial charge in [-0.25, -0.2) is 0 Å². The van der Waals surface area contributed by atoms with Crippen LogP contribution >= 0.6 is 0 Å². The van der Waals surface area contributed by atoms with E-state index in [9.17, 15) is 0 Å². The van der Waals surface area contributed by atoms with Crippen molar-refractivity contribution in [1.82, 2.24) is 0 Å². The fourth-order valence-electron chi connectivity index (χ4n) is 2.90. The highest BCUT2D eigenvalue weighted by atomic mass is 16.7. The Hall–Kier alpha value is -1.02. The van der Waals surface area contributed by atoms with Gasteiger partial charge in [0.15, 0.2) is 6.29 Å². The maximum atomic E-state index is 5.88. The first-order valence-corrected chi connectivity index (χ1v) is 8.84. The Morgan fingerprint density at radius 2 is 1.41 bits per heavy atom. The van der Waals surface area contributed by atoms with Crippen LogP contribution in [0.25, 0.3) is 0 Å². The summed E-state index contributed by atoms with van der Waals surface area (Å²) in [5.74, 6) is 2.99. The zero-order valence-electron chi connectivity index (χ0n) is 15.3. The molecule has 0 aliphatic heterocycles. The van der Waals surface area contributed by atoms with E-state index in [-0.39, 0.29) is 6.29 Å². The van der Waals surface area contributed by atoms with Gasteiger partial charge >= 0.3 is 0 Å². The molecule has 0 N–H and O–H groups in total. The third-order valence-corrected chi connectivity index (χ3v) is 3.82. The second-order valence-corrected chi connectivity index (χ2v) is 6.94. The number of ether oxygens (including phenoxy) is 2. The van der Waals surface area contributed by atoms with E-state index >= 15 is 0 Å². The minimum absolute atomic E-state index is 0.141. The molecule has 0 amide bonds. The molecule has 0 fully saturated rings. The van der Waals surface area contributed by atoms with Crippen LogP contribution < -0.4 is 4.74 Å². The van der Waals surface area contributed by atoms with Gasteiger partial charge in [-0.15, -0.1) is 0 Å². The van der Waals surface area contributed by atoms with E-state index in [1.165, 1.54) is 18.4 Å². The fourth-order valence-corrected chi connectivity index (χ4v) is 2.90. The largest absolute Gasteiger partial charge is 0.465 e. The van der Waals surface area contributed by atoms with Gasteiger partial charge in [-0.05, 0) is 55.2 Å². The molecule has 2 nitrogen and oxygen atoms in total. The van der Waals surface area contributed by atoms with Crippen LogP contribution in [0.15, 0.2) is 24.3 Å². The molecule has 0 saturated heterocycles. The van der Waals surface area contributed by atoms with Gasteiger partial charge in [-0.1, -0.05) is 46.8 Å². The Labute approximate surface area is 137 Å². The average Bonchev–Trinajstić information content (AvgIpc) is 2.46. The molecule has 0 spiro atoms. The van der Waals surface area contributed by atoms with Gasteiger partial charge in [0.25, 0.3) is 0 Å². The Kier molecular flexibility index (Phi) is 8.55. The van der Waals surface area contributed by atoms with Gasteiger partial charge in [-0.3, -0.25) is 0 Å². The molecule has 0 bridgehead atoms. The van der Waals surface area contributed by atoms with Crippen molar-refractivity contribution in [2.75, 3.05) is 6.61 Å². The Morgan fingerprint density at radius 1 is 0.864 bits per heavy atom. The number of hydrogen-bond acceptors (Lipinski definition) is 2. The second kappa shape index (κ2) is 9.89. The van der Waals surface area contributed by atoms with Crippen LogP contribution in [0.3, 0.4) is 0 Å². The van der Waals surface area contributed by atoms with E-state index in [1.54, 1.807) is 0 Å². The lowest BCUT2D eigenvalue weighted by Crippen LogP contribution is -2.19. The summed E-state index contributed by atoms with van der Waals surface area (Å²) < 4.78 is 11.4. The molecule has 1 atom stereocenters. The van der Waals surface area contributed by atoms with Crippen LogP contribution in [0.1, 0.15) is 72.3 Å². The molecule has 1 aromatic rings. The van der Waals surface area contributed by atoms with Gasteiger partial charge in [0.2, 0.25) is 0 Å². The van der Waals surface area contributed by atoms with Crippen molar-refractivity contribution >= 4 is 0 Å². The van der Waals surface area contributed by atoms with Crippen molar-refractivity contribution < 1.29 is 9.47 Å². The zero-order chi connectivity index (χ0) is 16.5. The van der Waals surface area contributed by atoms with Gasteiger partial charge in [0.1, 0.15) is 5.75 Å². The first-order chi connectivity index (χ1) is 10.5. The van der Waals surface area contributed by atoms with Crippen LogP contribution in [0.5, 0.6) is 5.75 Å². The van der Waals surface area contributed by atoms with Crippen LogP contribution in [-0.4, -0.2) is 12.9 Å². The minimum atomic E-state index is -0.141. The molecular formula is C20H34O2. The Morgan fingerprint density at radius 3 is 1.82 bits per heavy atom. The minimum Gasteiger partial charge on any atom is -0.465 e. The third-order valence-electron chi connectivity index (χ3n) is 3.82. The molecule has 2 heteroatoms. The van der Waals surface area contributed by atoms with Crippen molar-refractivity contribution in [3.8, 4) is 5.75 Å². The zero-order valence-corrected chi connectivity index (χ0v) is 15.3. The Balaban J connectivity index is 2.75. The molecule has 1 unspecified atom stereocenters. The molecule has 0 heterocycles. The van der Waals surface area contributed by atoms with E-state index in [4.69, 9.17) is 9.47 Å². The molecular weight excluding hydrogens is 272 g/mol. The van der Waals surface area contributed by atoms with Crippen molar-refractivity contribution in [3.63, 3.8) is 0 Å². The molecule has 0 aromatic heterocycles. The summed E-state index contributed by atoms with van der Waals surface area (Å²) in [6.07, 6.45) is 3.21. The number of benzene rings is 1. The van der Waals surface area contributed by atoms with E-state index < -0.39 is 0 Å². The van der Waals surface area contributed by atoms with Gasteiger partial charge in [0, 0.05) is 13.0 Å². The predicted molar refractivity (Wildman–Crippen MR) is 94.4 cm³/mol. The molecule has 22 heavy (non-hydrogen) atoms. The molecule has 0 aliphatic rings. The Bertz CT molecular complexity index is 385. The lowest BCUT2D eigenvalue weighted by Gasteiger charge is -2.22. The van der Waals surface area contributed by atoms with E-state index in [0.29, 0.717) is 12.5 Å². The fraction of sp³-hybridized carbons (Fsp3) is 0.700. The smallest absolute Gasteiger partial charge is 0.199 e. The lowest BCUT2D eigenvalue weighted by atomic mass is 9.84. The standard InChI is InChI=1S/C20H34O2/c1-7-20(21-8-2)22-19-11-9-17(10-12-19)18(13-15(3)4)14-16(5)6/h9-12,15-16,18,20H,7-8,13-14H2,1-6H3. The van der Waals surface area contributed by atoms with E-state index in [0.717, 1.165) is 24.0 Å². The molecule has 126 valence electrons. The van der Waals surface area contributed by atoms with Crippen molar-refractivity contribution in [1.29, 1.82) is 0 Å². The van der Waals surface area contributed by atoms with Crippen LogP contribution in [0.2, 0.25) is 0 Å². The van der Waals surface area contributed by atoms with E-state index in [2.05, 4.69) is 58.9 Å². The molecule has 0 aliphatic carbocycles. The summed E-state index contributed by atoms with van der Waals surface area (Å²) >= 11 is 0. The van der Waals surface area contributed by atoms with Gasteiger partial charge in [-0.2, -0.15) is 0 Å². The summed E-state index contributed by atoms with van der Waals surface area (Å²) in [5.41, 5.74) is 1.43. The monoisotopic (exact) mass is 306 g/mol. The first-order valence-electron chi connectivity index (χ1n) is 8.84. The van der Waals surface area contributed by atoms with Crippen molar-refractivity contribution in [3.05, 3.63) is 29.8 Å². The topological polar surface area (TPSA) is 18.5 Å². The summed E-state index contributed by atoms with van der Waals surface area (Å²) in [6.45, 7) is 14.0. The first kappa shape index (κ1) is 19.0. The van der Waals surface area contributed by atoms with Crippen molar-refractivity contribution in [2.24, 2.45) is 11.8 Å². The summed E-state index contributed by atoms with van der Waals surface area (Å²) in [5, 5.41) is 0. The highest BCUT2D eigenvalue weighted by molar-refractivity contribution is 5.29. The SMILES string of the molecule is CCOC(CC)Oc1ccc(C(CC(C)C)CC(C)C)cc1. The number of rotatable bonds is 10. The van der Waals surface area contributed by atoms with Crippen molar-refractivity contribution in [2.45, 2.75) is 73.0 Å². The second-order valence-electron chi connectivity index (χ2n) is 6.94. The van der Waals surface area contributed by atoms with Crippen LogP contribution in [0.4, 0.5) is 0 Å². The summed E-state index contributed by atoms with van der Waals surface area (Å²) in [6, 6.07) is 8.63. The van der Waals surface area contributed by atoms with Crippen LogP contribution in [0, 0.1) is 11.8 Å². The molecule has 1 aromatic carbocycles. The number of hydrogen-bond donors (Lipinski definition) is 0. The van der Waals surface area contributed by atoms with Gasteiger partial charge in [0.05, 0.1) is 0 Å². The molecule has 0 radical (unpaired) electrons. The third kappa shape index (κ3) is 6.83. The summed E-state index contributed by atoms with van der Waals surface area (Å²) in [4.78, 5) is 0. The highest BCUT2D eigenvalue weighted by Crippen LogP contribution is 2.31. The predicted octanol–water partition coefficient (Wildman–Crippen LogP) is 6.01. The maximum Gasteiger partial charge on any atom is 0.199 e. The maximum absolute atomic E-state index is 5.88. The quantitative estimate of drug-likeness (QED) is 0.492. The average molecular weight is 306 g/mol. The van der Waals surface area contributed by atoms with E-state index in [1.807, 2.05) is 6.92 Å². The normalized spacial score (nSPS) is 13.1. The van der Waals surface area contributed by atoms with Gasteiger partial charge < -0.3 is 9.47 Å². The summed E-state index contributed by atoms with van der Waals surface area (Å²) in [7, 11) is 0. The molecule has 1 rings (SSSR count).